The number of ether oxygens (including phenoxy) is 2. The zero-order valence-electron chi connectivity index (χ0n) is 14.9. The van der Waals surface area contributed by atoms with Crippen molar-refractivity contribution in [1.82, 2.24) is 9.55 Å². The second-order valence-corrected chi connectivity index (χ2v) is 8.03. The summed E-state index contributed by atoms with van der Waals surface area (Å²) >= 11 is 2.77. The van der Waals surface area contributed by atoms with Crippen LogP contribution in [-0.2, 0) is 16.0 Å². The van der Waals surface area contributed by atoms with Gasteiger partial charge in [0.25, 0.3) is 5.56 Å². The maximum atomic E-state index is 13.1. The van der Waals surface area contributed by atoms with Crippen molar-refractivity contribution >= 4 is 29.5 Å². The van der Waals surface area contributed by atoms with E-state index >= 15 is 0 Å². The molecule has 6 nitrogen and oxygen atoms in total. The van der Waals surface area contributed by atoms with Crippen molar-refractivity contribution in [2.75, 3.05) is 19.5 Å². The number of rotatable bonds is 6. The van der Waals surface area contributed by atoms with Crippen LogP contribution in [0.25, 0.3) is 5.69 Å². The summed E-state index contributed by atoms with van der Waals surface area (Å²) in [5, 5.41) is 0.0421. The summed E-state index contributed by atoms with van der Waals surface area (Å²) in [6.45, 7) is 3.85. The van der Waals surface area contributed by atoms with Crippen molar-refractivity contribution in [3.05, 3.63) is 40.3 Å². The predicted octanol–water partition coefficient (Wildman–Crippen LogP) is 2.93. The first kappa shape index (κ1) is 18.8. The molecule has 1 unspecified atom stereocenters. The van der Waals surface area contributed by atoms with E-state index in [1.54, 1.807) is 37.7 Å². The van der Waals surface area contributed by atoms with Crippen LogP contribution in [0.2, 0.25) is 0 Å². The minimum Gasteiger partial charge on any atom is -0.497 e. The molecule has 0 aliphatic carbocycles. The van der Waals surface area contributed by atoms with Gasteiger partial charge in [0.05, 0.1) is 30.0 Å². The van der Waals surface area contributed by atoms with Crippen molar-refractivity contribution < 1.29 is 14.3 Å². The highest BCUT2D eigenvalue weighted by atomic mass is 32.2. The van der Waals surface area contributed by atoms with Crippen molar-refractivity contribution in [2.45, 2.75) is 35.6 Å². The second kappa shape index (κ2) is 8.18. The van der Waals surface area contributed by atoms with Gasteiger partial charge in [0.15, 0.2) is 5.16 Å². The molecule has 0 bridgehead atoms. The molecule has 1 atom stereocenters. The van der Waals surface area contributed by atoms with Gasteiger partial charge in [-0.3, -0.25) is 14.2 Å². The maximum absolute atomic E-state index is 13.1. The van der Waals surface area contributed by atoms with Crippen molar-refractivity contribution in [1.29, 1.82) is 0 Å². The van der Waals surface area contributed by atoms with Crippen LogP contribution in [0.4, 0.5) is 0 Å². The first-order valence-electron chi connectivity index (χ1n) is 8.31. The number of benzene rings is 1. The Morgan fingerprint density at radius 1 is 1.38 bits per heavy atom. The molecule has 3 rings (SSSR count). The standard InChI is InChI=1S/C18H20N2O4S2/c1-4-24-17(22)11(2)26-18-19-14-9-10-25-15(14)16(21)20(18)12-5-7-13(23-3)8-6-12/h5-8,11H,4,9-10H2,1-3H3. The average Bonchev–Trinajstić information content (AvgIpc) is 3.11. The lowest BCUT2D eigenvalue weighted by Gasteiger charge is -2.16. The van der Waals surface area contributed by atoms with Gasteiger partial charge < -0.3 is 9.47 Å². The fourth-order valence-electron chi connectivity index (χ4n) is 2.60. The molecule has 0 fully saturated rings. The number of fused-ring (bicyclic) bond motifs is 1. The van der Waals surface area contributed by atoms with E-state index in [0.717, 1.165) is 17.9 Å². The zero-order valence-corrected chi connectivity index (χ0v) is 16.5. The van der Waals surface area contributed by atoms with Crippen LogP contribution in [0.1, 0.15) is 19.5 Å². The lowest BCUT2D eigenvalue weighted by Crippen LogP contribution is -2.25. The number of nitrogens with zero attached hydrogens (tertiary/aromatic N) is 2. The third-order valence-corrected chi connectivity index (χ3v) is 6.04. The highest BCUT2D eigenvalue weighted by Crippen LogP contribution is 2.31. The minimum atomic E-state index is -0.460. The minimum absolute atomic E-state index is 0.0961. The van der Waals surface area contributed by atoms with Gasteiger partial charge in [-0.1, -0.05) is 11.8 Å². The van der Waals surface area contributed by atoms with E-state index in [4.69, 9.17) is 9.47 Å². The second-order valence-electron chi connectivity index (χ2n) is 5.62. The number of carbonyl (C=O) groups is 1. The molecule has 1 aliphatic rings. The first-order valence-corrected chi connectivity index (χ1v) is 10.2. The molecule has 26 heavy (non-hydrogen) atoms. The smallest absolute Gasteiger partial charge is 0.319 e. The molecular formula is C18H20N2O4S2. The third kappa shape index (κ3) is 3.76. The van der Waals surface area contributed by atoms with E-state index in [-0.39, 0.29) is 11.5 Å². The lowest BCUT2D eigenvalue weighted by molar-refractivity contribution is -0.142. The number of hydrogen-bond donors (Lipinski definition) is 0. The number of esters is 1. The molecule has 138 valence electrons. The lowest BCUT2D eigenvalue weighted by atomic mass is 10.3. The summed E-state index contributed by atoms with van der Waals surface area (Å²) in [6, 6.07) is 7.22. The maximum Gasteiger partial charge on any atom is 0.319 e. The Hall–Kier alpha value is -1.93. The Kier molecular flexibility index (Phi) is 5.93. The van der Waals surface area contributed by atoms with Crippen LogP contribution in [-0.4, -0.2) is 40.2 Å². The molecule has 0 amide bonds. The molecule has 0 N–H and O–H groups in total. The number of thioether (sulfide) groups is 2. The van der Waals surface area contributed by atoms with Gasteiger partial charge in [-0.15, -0.1) is 11.8 Å². The SMILES string of the molecule is CCOC(=O)C(C)Sc1nc2c(c(=O)n1-c1ccc(OC)cc1)SCC2. The Bertz CT molecular complexity index is 865. The molecule has 0 spiro atoms. The number of aromatic nitrogens is 2. The van der Waals surface area contributed by atoms with E-state index in [2.05, 4.69) is 4.98 Å². The molecule has 0 saturated carbocycles. The topological polar surface area (TPSA) is 70.4 Å². The van der Waals surface area contributed by atoms with Crippen molar-refractivity contribution in [2.24, 2.45) is 0 Å². The predicted molar refractivity (Wildman–Crippen MR) is 103 cm³/mol. The van der Waals surface area contributed by atoms with E-state index in [9.17, 15) is 9.59 Å². The summed E-state index contributed by atoms with van der Waals surface area (Å²) in [4.78, 5) is 30.4. The van der Waals surface area contributed by atoms with Gasteiger partial charge in [0, 0.05) is 12.2 Å². The van der Waals surface area contributed by atoms with Crippen LogP contribution in [0.3, 0.4) is 0 Å². The van der Waals surface area contributed by atoms with Crippen LogP contribution >= 0.6 is 23.5 Å². The van der Waals surface area contributed by atoms with Gasteiger partial charge in [0.2, 0.25) is 0 Å². The van der Waals surface area contributed by atoms with E-state index < -0.39 is 5.25 Å². The Morgan fingerprint density at radius 2 is 2.12 bits per heavy atom. The number of hydrogen-bond acceptors (Lipinski definition) is 7. The van der Waals surface area contributed by atoms with Gasteiger partial charge in [-0.05, 0) is 38.1 Å². The molecule has 8 heteroatoms. The number of aryl methyl sites for hydroxylation is 1. The summed E-state index contributed by atoms with van der Waals surface area (Å²) in [6.07, 6.45) is 0.764. The Balaban J connectivity index is 2.06. The monoisotopic (exact) mass is 392 g/mol. The molecule has 0 saturated heterocycles. The fourth-order valence-corrected chi connectivity index (χ4v) is 4.56. The van der Waals surface area contributed by atoms with Crippen molar-refractivity contribution in [3.63, 3.8) is 0 Å². The van der Waals surface area contributed by atoms with Crippen LogP contribution in [0, 0.1) is 0 Å². The van der Waals surface area contributed by atoms with Crippen LogP contribution in [0.5, 0.6) is 5.75 Å². The summed E-state index contributed by atoms with van der Waals surface area (Å²) in [5.74, 6) is 1.24. The first-order chi connectivity index (χ1) is 12.5. The highest BCUT2D eigenvalue weighted by molar-refractivity contribution is 8.00. The molecular weight excluding hydrogens is 372 g/mol. The number of methoxy groups -OCH3 is 1. The average molecular weight is 393 g/mol. The van der Waals surface area contributed by atoms with E-state index in [1.165, 1.54) is 23.5 Å². The fraction of sp³-hybridized carbons (Fsp3) is 0.389. The normalized spacial score (nSPS) is 14.0. The van der Waals surface area contributed by atoms with Crippen LogP contribution < -0.4 is 10.3 Å². The van der Waals surface area contributed by atoms with E-state index in [0.29, 0.717) is 28.1 Å². The van der Waals surface area contributed by atoms with Crippen molar-refractivity contribution in [3.8, 4) is 11.4 Å². The molecule has 1 aromatic heterocycles. The summed E-state index contributed by atoms with van der Waals surface area (Å²) in [5.41, 5.74) is 1.40. The quantitative estimate of drug-likeness (QED) is 0.425. The van der Waals surface area contributed by atoms with Gasteiger partial charge in [-0.2, -0.15) is 0 Å². The third-order valence-electron chi connectivity index (χ3n) is 3.90. The Morgan fingerprint density at radius 3 is 2.77 bits per heavy atom. The molecule has 2 heterocycles. The van der Waals surface area contributed by atoms with Crippen LogP contribution in [0.15, 0.2) is 39.1 Å². The van der Waals surface area contributed by atoms with Gasteiger partial charge in [-0.25, -0.2) is 4.98 Å². The summed E-state index contributed by atoms with van der Waals surface area (Å²) < 4.78 is 11.8. The highest BCUT2D eigenvalue weighted by Gasteiger charge is 2.25. The zero-order chi connectivity index (χ0) is 18.7. The molecule has 0 radical (unpaired) electrons. The summed E-state index contributed by atoms with van der Waals surface area (Å²) in [7, 11) is 1.59. The van der Waals surface area contributed by atoms with Gasteiger partial charge >= 0.3 is 5.97 Å². The molecule has 1 aliphatic heterocycles. The largest absolute Gasteiger partial charge is 0.497 e. The van der Waals surface area contributed by atoms with E-state index in [1.807, 2.05) is 12.1 Å². The molecule has 1 aromatic carbocycles. The molecule has 2 aromatic rings. The Labute approximate surface area is 160 Å². The number of carbonyl (C=O) groups excluding carboxylic acids is 1. The van der Waals surface area contributed by atoms with Gasteiger partial charge in [0.1, 0.15) is 11.0 Å².